The molecular formula is C19H20N6O2. The number of fused-ring (bicyclic) bond motifs is 1. The summed E-state index contributed by atoms with van der Waals surface area (Å²) >= 11 is 0. The van der Waals surface area contributed by atoms with Crippen LogP contribution in [0.5, 0.6) is 5.75 Å². The Balaban J connectivity index is 1.55. The van der Waals surface area contributed by atoms with E-state index in [1.54, 1.807) is 29.7 Å². The zero-order valence-electron chi connectivity index (χ0n) is 14.7. The Bertz CT molecular complexity index is 919. The summed E-state index contributed by atoms with van der Waals surface area (Å²) in [6.45, 7) is 1.02. The first kappa shape index (κ1) is 17.3. The maximum atomic E-state index is 9.73. The van der Waals surface area contributed by atoms with Gasteiger partial charge in [-0.3, -0.25) is 10.7 Å². The van der Waals surface area contributed by atoms with Crippen LogP contribution in [0.3, 0.4) is 0 Å². The van der Waals surface area contributed by atoms with Crippen LogP contribution in [0.15, 0.2) is 49.1 Å². The highest BCUT2D eigenvalue weighted by molar-refractivity contribution is 5.67. The van der Waals surface area contributed by atoms with Crippen molar-refractivity contribution < 1.29 is 9.84 Å². The van der Waals surface area contributed by atoms with Crippen LogP contribution in [-0.4, -0.2) is 38.2 Å². The fourth-order valence-corrected chi connectivity index (χ4v) is 3.13. The SMILES string of the molecule is NC(O)N1CCCc2cc(-c3cncc(OCc4cccnn4)c3)cnc21. The number of ether oxygens (including phenoxy) is 1. The second kappa shape index (κ2) is 7.65. The highest BCUT2D eigenvalue weighted by atomic mass is 16.5. The lowest BCUT2D eigenvalue weighted by molar-refractivity contribution is 0.173. The number of aliphatic hydroxyl groups is 1. The topological polar surface area (TPSA) is 110 Å². The van der Waals surface area contributed by atoms with Crippen molar-refractivity contribution in [1.29, 1.82) is 0 Å². The Morgan fingerprint density at radius 1 is 1.22 bits per heavy atom. The van der Waals surface area contributed by atoms with Crippen LogP contribution in [-0.2, 0) is 13.0 Å². The predicted molar refractivity (Wildman–Crippen MR) is 99.7 cm³/mol. The molecule has 0 amide bonds. The molecule has 8 nitrogen and oxygen atoms in total. The van der Waals surface area contributed by atoms with Gasteiger partial charge in [-0.15, -0.1) is 0 Å². The van der Waals surface area contributed by atoms with Crippen molar-refractivity contribution in [3.8, 4) is 16.9 Å². The Morgan fingerprint density at radius 3 is 2.93 bits per heavy atom. The molecular weight excluding hydrogens is 344 g/mol. The molecule has 3 aromatic heterocycles. The maximum absolute atomic E-state index is 9.73. The zero-order chi connectivity index (χ0) is 18.6. The summed E-state index contributed by atoms with van der Waals surface area (Å²) in [5.41, 5.74) is 9.30. The van der Waals surface area contributed by atoms with E-state index in [0.29, 0.717) is 18.9 Å². The minimum atomic E-state index is -1.04. The summed E-state index contributed by atoms with van der Waals surface area (Å²) in [5.74, 6) is 1.39. The number of anilines is 1. The first-order chi connectivity index (χ1) is 13.2. The van der Waals surface area contributed by atoms with Crippen LogP contribution in [0.2, 0.25) is 0 Å². The van der Waals surface area contributed by atoms with Crippen LogP contribution in [0.1, 0.15) is 17.7 Å². The fraction of sp³-hybridized carbons (Fsp3) is 0.263. The molecule has 0 spiro atoms. The van der Waals surface area contributed by atoms with E-state index >= 15 is 0 Å². The van der Waals surface area contributed by atoms with Gasteiger partial charge in [-0.1, -0.05) is 0 Å². The molecule has 0 aliphatic carbocycles. The molecule has 0 bridgehead atoms. The third-order valence-corrected chi connectivity index (χ3v) is 4.44. The second-order valence-electron chi connectivity index (χ2n) is 6.33. The molecule has 1 atom stereocenters. The Labute approximate surface area is 156 Å². The van der Waals surface area contributed by atoms with Crippen molar-refractivity contribution in [3.63, 3.8) is 0 Å². The predicted octanol–water partition coefficient (Wildman–Crippen LogP) is 1.50. The normalized spacial score (nSPS) is 14.5. The van der Waals surface area contributed by atoms with Crippen molar-refractivity contribution in [1.82, 2.24) is 20.2 Å². The van der Waals surface area contributed by atoms with Gasteiger partial charge in [0.1, 0.15) is 23.9 Å². The molecule has 8 heteroatoms. The van der Waals surface area contributed by atoms with Crippen molar-refractivity contribution >= 4 is 5.82 Å². The van der Waals surface area contributed by atoms with E-state index in [0.717, 1.165) is 41.0 Å². The first-order valence-corrected chi connectivity index (χ1v) is 8.75. The lowest BCUT2D eigenvalue weighted by Gasteiger charge is -2.32. The summed E-state index contributed by atoms with van der Waals surface area (Å²) in [5, 5.41) is 17.6. The monoisotopic (exact) mass is 364 g/mol. The van der Waals surface area contributed by atoms with Gasteiger partial charge in [-0.2, -0.15) is 10.2 Å². The first-order valence-electron chi connectivity index (χ1n) is 8.75. The van der Waals surface area contributed by atoms with Crippen LogP contribution in [0, 0.1) is 0 Å². The van der Waals surface area contributed by atoms with Gasteiger partial charge in [0, 0.05) is 36.3 Å². The number of aliphatic hydroxyl groups excluding tert-OH is 1. The number of hydrogen-bond acceptors (Lipinski definition) is 8. The van der Waals surface area contributed by atoms with Gasteiger partial charge in [-0.05, 0) is 42.7 Å². The molecule has 138 valence electrons. The van der Waals surface area contributed by atoms with Crippen molar-refractivity contribution in [2.75, 3.05) is 11.4 Å². The molecule has 0 aromatic carbocycles. The van der Waals surface area contributed by atoms with E-state index in [4.69, 9.17) is 10.5 Å². The highest BCUT2D eigenvalue weighted by Crippen LogP contribution is 2.30. The molecule has 1 aliphatic rings. The Hall–Kier alpha value is -3.10. The lowest BCUT2D eigenvalue weighted by atomic mass is 10.0. The van der Waals surface area contributed by atoms with E-state index in [-0.39, 0.29) is 0 Å². The third-order valence-electron chi connectivity index (χ3n) is 4.44. The van der Waals surface area contributed by atoms with Gasteiger partial charge in [0.25, 0.3) is 0 Å². The molecule has 3 aromatic rings. The van der Waals surface area contributed by atoms with Crippen LogP contribution in [0.4, 0.5) is 5.82 Å². The molecule has 0 fully saturated rings. The zero-order valence-corrected chi connectivity index (χ0v) is 14.7. The third kappa shape index (κ3) is 3.86. The number of rotatable bonds is 5. The van der Waals surface area contributed by atoms with Gasteiger partial charge in [0.2, 0.25) is 0 Å². The number of nitrogens with two attached hydrogens (primary N) is 1. The quantitative estimate of drug-likeness (QED) is 0.656. The summed E-state index contributed by atoms with van der Waals surface area (Å²) in [7, 11) is 0. The Kier molecular flexibility index (Phi) is 4.91. The van der Waals surface area contributed by atoms with E-state index in [1.807, 2.05) is 18.2 Å². The summed E-state index contributed by atoms with van der Waals surface area (Å²) < 4.78 is 5.77. The van der Waals surface area contributed by atoms with Crippen molar-refractivity contribution in [2.45, 2.75) is 25.8 Å². The molecule has 0 radical (unpaired) electrons. The maximum Gasteiger partial charge on any atom is 0.182 e. The summed E-state index contributed by atoms with van der Waals surface area (Å²) in [4.78, 5) is 10.5. The van der Waals surface area contributed by atoms with E-state index < -0.39 is 6.35 Å². The molecule has 4 heterocycles. The van der Waals surface area contributed by atoms with Gasteiger partial charge in [-0.25, -0.2) is 4.98 Å². The van der Waals surface area contributed by atoms with Gasteiger partial charge >= 0.3 is 0 Å². The van der Waals surface area contributed by atoms with Crippen LogP contribution >= 0.6 is 0 Å². The number of hydrogen-bond donors (Lipinski definition) is 2. The number of pyridine rings is 2. The number of aryl methyl sites for hydroxylation is 1. The highest BCUT2D eigenvalue weighted by Gasteiger charge is 2.22. The van der Waals surface area contributed by atoms with Gasteiger partial charge in [0.05, 0.1) is 6.20 Å². The van der Waals surface area contributed by atoms with E-state index in [2.05, 4.69) is 26.2 Å². The standard InChI is InChI=1S/C19H20N6O2/c20-19(26)25-6-2-3-13-7-14(10-22-18(13)25)15-8-17(11-21-9-15)27-12-16-4-1-5-23-24-16/h1,4-5,7-11,19,26H,2-3,6,12,20H2. The second-order valence-corrected chi connectivity index (χ2v) is 6.33. The minimum Gasteiger partial charge on any atom is -0.486 e. The molecule has 4 rings (SSSR count). The number of nitrogens with zero attached hydrogens (tertiary/aromatic N) is 5. The lowest BCUT2D eigenvalue weighted by Crippen LogP contribution is -2.45. The van der Waals surface area contributed by atoms with Gasteiger partial charge in [0.15, 0.2) is 6.35 Å². The molecule has 27 heavy (non-hydrogen) atoms. The summed E-state index contributed by atoms with van der Waals surface area (Å²) in [6, 6.07) is 7.67. The summed E-state index contributed by atoms with van der Waals surface area (Å²) in [6.07, 6.45) is 7.61. The smallest absolute Gasteiger partial charge is 0.182 e. The van der Waals surface area contributed by atoms with Crippen LogP contribution in [0.25, 0.3) is 11.1 Å². The van der Waals surface area contributed by atoms with Gasteiger partial charge < -0.3 is 14.7 Å². The van der Waals surface area contributed by atoms with Crippen molar-refractivity contribution in [3.05, 3.63) is 60.3 Å². The molecule has 1 unspecified atom stereocenters. The van der Waals surface area contributed by atoms with E-state index in [9.17, 15) is 5.11 Å². The largest absolute Gasteiger partial charge is 0.486 e. The fourth-order valence-electron chi connectivity index (χ4n) is 3.13. The molecule has 0 saturated heterocycles. The Morgan fingerprint density at radius 2 is 2.11 bits per heavy atom. The van der Waals surface area contributed by atoms with Crippen LogP contribution < -0.4 is 15.4 Å². The molecule has 0 saturated carbocycles. The van der Waals surface area contributed by atoms with E-state index in [1.165, 1.54) is 0 Å². The average molecular weight is 364 g/mol. The molecule has 1 aliphatic heterocycles. The minimum absolute atomic E-state index is 0.324. The number of aromatic nitrogens is 4. The average Bonchev–Trinajstić information content (AvgIpc) is 2.72. The molecule has 3 N–H and O–H groups in total. The van der Waals surface area contributed by atoms with Crippen molar-refractivity contribution in [2.24, 2.45) is 5.73 Å².